The summed E-state index contributed by atoms with van der Waals surface area (Å²) < 4.78 is 12.8. The fourth-order valence-electron chi connectivity index (χ4n) is 2.00. The first-order chi connectivity index (χ1) is 8.51. The number of nitrogens with zero attached hydrogens (tertiary/aromatic N) is 1. The van der Waals surface area contributed by atoms with E-state index in [0.717, 1.165) is 25.1 Å². The Morgan fingerprint density at radius 1 is 1.17 bits per heavy atom. The summed E-state index contributed by atoms with van der Waals surface area (Å²) in [6.07, 6.45) is 0.474. The number of benzene rings is 1. The standard InChI is InChI=1S/C15H24FNO/c1-4-15(18)11-17(9-12(2)3)10-13-5-7-14(16)8-6-13/h5-8,12,15,18H,4,9-11H2,1-3H3/t15-/m0/s1. The van der Waals surface area contributed by atoms with Crippen molar-refractivity contribution in [3.8, 4) is 0 Å². The molecule has 18 heavy (non-hydrogen) atoms. The lowest BCUT2D eigenvalue weighted by Gasteiger charge is -2.26. The zero-order chi connectivity index (χ0) is 13.5. The maximum atomic E-state index is 12.8. The van der Waals surface area contributed by atoms with Gasteiger partial charge >= 0.3 is 0 Å². The summed E-state index contributed by atoms with van der Waals surface area (Å²) in [5, 5.41) is 9.76. The van der Waals surface area contributed by atoms with Crippen LogP contribution < -0.4 is 0 Å². The summed E-state index contributed by atoms with van der Waals surface area (Å²) in [6, 6.07) is 6.58. The molecule has 0 unspecified atom stereocenters. The predicted molar refractivity (Wildman–Crippen MR) is 72.8 cm³/mol. The molecule has 0 aliphatic rings. The van der Waals surface area contributed by atoms with Gasteiger partial charge in [-0.1, -0.05) is 32.9 Å². The first-order valence-corrected chi connectivity index (χ1v) is 6.66. The van der Waals surface area contributed by atoms with Crippen molar-refractivity contribution in [3.05, 3.63) is 35.6 Å². The van der Waals surface area contributed by atoms with Crippen molar-refractivity contribution in [2.75, 3.05) is 13.1 Å². The van der Waals surface area contributed by atoms with E-state index < -0.39 is 0 Å². The highest BCUT2D eigenvalue weighted by molar-refractivity contribution is 5.15. The van der Waals surface area contributed by atoms with Crippen LogP contribution in [-0.2, 0) is 6.54 Å². The molecule has 102 valence electrons. The van der Waals surface area contributed by atoms with E-state index in [-0.39, 0.29) is 11.9 Å². The Labute approximate surface area is 109 Å². The molecular weight excluding hydrogens is 229 g/mol. The highest BCUT2D eigenvalue weighted by Gasteiger charge is 2.12. The summed E-state index contributed by atoms with van der Waals surface area (Å²) >= 11 is 0. The normalized spacial score (nSPS) is 13.3. The van der Waals surface area contributed by atoms with E-state index in [9.17, 15) is 9.50 Å². The van der Waals surface area contributed by atoms with Crippen molar-refractivity contribution in [1.82, 2.24) is 4.90 Å². The van der Waals surface area contributed by atoms with E-state index in [0.29, 0.717) is 12.5 Å². The Bertz CT molecular complexity index is 337. The zero-order valence-electron chi connectivity index (χ0n) is 11.6. The van der Waals surface area contributed by atoms with E-state index in [2.05, 4.69) is 18.7 Å². The summed E-state index contributed by atoms with van der Waals surface area (Å²) in [6.45, 7) is 8.68. The summed E-state index contributed by atoms with van der Waals surface area (Å²) in [4.78, 5) is 2.23. The molecule has 0 bridgehead atoms. The Morgan fingerprint density at radius 2 is 1.78 bits per heavy atom. The first kappa shape index (κ1) is 15.1. The van der Waals surface area contributed by atoms with Crippen LogP contribution in [0.25, 0.3) is 0 Å². The molecule has 1 atom stereocenters. The van der Waals surface area contributed by atoms with E-state index in [1.54, 1.807) is 12.1 Å². The molecule has 0 aromatic heterocycles. The molecule has 0 heterocycles. The van der Waals surface area contributed by atoms with E-state index in [1.807, 2.05) is 6.92 Å². The first-order valence-electron chi connectivity index (χ1n) is 6.66. The molecule has 1 N–H and O–H groups in total. The van der Waals surface area contributed by atoms with Crippen LogP contribution >= 0.6 is 0 Å². The molecule has 1 rings (SSSR count). The highest BCUT2D eigenvalue weighted by atomic mass is 19.1. The molecule has 2 nitrogen and oxygen atoms in total. The van der Waals surface area contributed by atoms with E-state index in [1.165, 1.54) is 12.1 Å². The summed E-state index contributed by atoms with van der Waals surface area (Å²) in [5.74, 6) is 0.345. The molecular formula is C15H24FNO. The molecule has 0 radical (unpaired) electrons. The van der Waals surface area contributed by atoms with Crippen LogP contribution in [0.1, 0.15) is 32.8 Å². The monoisotopic (exact) mass is 253 g/mol. The van der Waals surface area contributed by atoms with Gasteiger partial charge in [0.15, 0.2) is 0 Å². The minimum Gasteiger partial charge on any atom is -0.392 e. The van der Waals surface area contributed by atoms with Crippen molar-refractivity contribution in [3.63, 3.8) is 0 Å². The average Bonchev–Trinajstić information content (AvgIpc) is 2.31. The van der Waals surface area contributed by atoms with Gasteiger partial charge in [-0.3, -0.25) is 4.90 Å². The third-order valence-corrected chi connectivity index (χ3v) is 2.88. The van der Waals surface area contributed by atoms with Gasteiger partial charge in [0.1, 0.15) is 5.82 Å². The lowest BCUT2D eigenvalue weighted by Crippen LogP contribution is -2.34. The Kier molecular flexibility index (Phi) is 6.30. The third kappa shape index (κ3) is 5.61. The van der Waals surface area contributed by atoms with Gasteiger partial charge in [-0.25, -0.2) is 4.39 Å². The van der Waals surface area contributed by atoms with Gasteiger partial charge in [0, 0.05) is 19.6 Å². The van der Waals surface area contributed by atoms with Crippen molar-refractivity contribution >= 4 is 0 Å². The molecule has 0 fully saturated rings. The van der Waals surface area contributed by atoms with Crippen LogP contribution in [0.15, 0.2) is 24.3 Å². The van der Waals surface area contributed by atoms with Gasteiger partial charge in [0.05, 0.1) is 6.10 Å². The van der Waals surface area contributed by atoms with Gasteiger partial charge in [-0.2, -0.15) is 0 Å². The molecule has 1 aromatic carbocycles. The van der Waals surface area contributed by atoms with Gasteiger partial charge in [-0.05, 0) is 30.0 Å². The second kappa shape index (κ2) is 7.49. The molecule has 1 aromatic rings. The minimum absolute atomic E-state index is 0.206. The molecule has 0 saturated carbocycles. The van der Waals surface area contributed by atoms with Gasteiger partial charge in [0.25, 0.3) is 0 Å². The largest absolute Gasteiger partial charge is 0.392 e. The molecule has 3 heteroatoms. The Morgan fingerprint density at radius 3 is 2.28 bits per heavy atom. The zero-order valence-corrected chi connectivity index (χ0v) is 11.6. The molecule has 0 aliphatic carbocycles. The van der Waals surface area contributed by atoms with Crippen LogP contribution in [0.2, 0.25) is 0 Å². The number of rotatable bonds is 7. The van der Waals surface area contributed by atoms with Gasteiger partial charge in [0.2, 0.25) is 0 Å². The smallest absolute Gasteiger partial charge is 0.123 e. The number of aliphatic hydroxyl groups is 1. The molecule has 0 saturated heterocycles. The topological polar surface area (TPSA) is 23.5 Å². The Hall–Kier alpha value is -0.930. The van der Waals surface area contributed by atoms with E-state index in [4.69, 9.17) is 0 Å². The average molecular weight is 253 g/mol. The molecule has 0 aliphatic heterocycles. The maximum absolute atomic E-state index is 12.8. The summed E-state index contributed by atoms with van der Waals surface area (Å²) in [5.41, 5.74) is 1.08. The number of hydrogen-bond donors (Lipinski definition) is 1. The fourth-order valence-corrected chi connectivity index (χ4v) is 2.00. The highest BCUT2D eigenvalue weighted by Crippen LogP contribution is 2.10. The van der Waals surface area contributed by atoms with Crippen LogP contribution in [0.5, 0.6) is 0 Å². The predicted octanol–water partition coefficient (Wildman–Crippen LogP) is 3.05. The van der Waals surface area contributed by atoms with Crippen molar-refractivity contribution < 1.29 is 9.50 Å². The SMILES string of the molecule is CC[C@H](O)CN(Cc1ccc(F)cc1)CC(C)C. The van der Waals surface area contributed by atoms with Gasteiger partial charge < -0.3 is 5.11 Å². The van der Waals surface area contributed by atoms with Crippen molar-refractivity contribution in [2.24, 2.45) is 5.92 Å². The van der Waals surface area contributed by atoms with Gasteiger partial charge in [-0.15, -0.1) is 0 Å². The van der Waals surface area contributed by atoms with Crippen LogP contribution in [0.4, 0.5) is 4.39 Å². The Balaban J connectivity index is 2.62. The number of aliphatic hydroxyl groups excluding tert-OH is 1. The number of halogens is 1. The maximum Gasteiger partial charge on any atom is 0.123 e. The molecule has 0 spiro atoms. The van der Waals surface area contributed by atoms with Crippen LogP contribution in [-0.4, -0.2) is 29.2 Å². The lowest BCUT2D eigenvalue weighted by molar-refractivity contribution is 0.0986. The van der Waals surface area contributed by atoms with Crippen molar-refractivity contribution in [1.29, 1.82) is 0 Å². The second-order valence-electron chi connectivity index (χ2n) is 5.28. The second-order valence-corrected chi connectivity index (χ2v) is 5.28. The minimum atomic E-state index is -0.288. The van der Waals surface area contributed by atoms with Crippen LogP contribution in [0, 0.1) is 11.7 Å². The fraction of sp³-hybridized carbons (Fsp3) is 0.600. The molecule has 0 amide bonds. The quantitative estimate of drug-likeness (QED) is 0.807. The summed E-state index contributed by atoms with van der Waals surface area (Å²) in [7, 11) is 0. The lowest BCUT2D eigenvalue weighted by atomic mass is 10.1. The van der Waals surface area contributed by atoms with Crippen molar-refractivity contribution in [2.45, 2.75) is 39.8 Å². The number of hydrogen-bond acceptors (Lipinski definition) is 2. The van der Waals surface area contributed by atoms with E-state index >= 15 is 0 Å². The third-order valence-electron chi connectivity index (χ3n) is 2.88. The van der Waals surface area contributed by atoms with Crippen LogP contribution in [0.3, 0.4) is 0 Å².